The van der Waals surface area contributed by atoms with Gasteiger partial charge in [0, 0.05) is 55.0 Å². The number of allylic oxidation sites excluding steroid dienone is 1. The zero-order valence-electron chi connectivity index (χ0n) is 21.1. The van der Waals surface area contributed by atoms with E-state index in [4.69, 9.17) is 14.2 Å². The maximum absolute atomic E-state index is 12.6. The second kappa shape index (κ2) is 10.4. The van der Waals surface area contributed by atoms with Gasteiger partial charge < -0.3 is 19.3 Å². The largest absolute Gasteiger partial charge is 0.462 e. The van der Waals surface area contributed by atoms with Crippen LogP contribution in [0.4, 0.5) is 0 Å². The molecule has 0 aliphatic carbocycles. The first-order valence-electron chi connectivity index (χ1n) is 12.6. The maximum Gasteiger partial charge on any atom is 0.334 e. The molecule has 4 fully saturated rings. The van der Waals surface area contributed by atoms with Gasteiger partial charge in [-0.05, 0) is 40.8 Å². The number of esters is 3. The van der Waals surface area contributed by atoms with Crippen LogP contribution in [0.3, 0.4) is 0 Å². The van der Waals surface area contributed by atoms with E-state index >= 15 is 0 Å². The molecule has 35 heavy (non-hydrogen) atoms. The topological polar surface area (TPSA) is 106 Å². The van der Waals surface area contributed by atoms with Crippen molar-refractivity contribution in [3.05, 3.63) is 23.8 Å². The first kappa shape index (κ1) is 25.9. The van der Waals surface area contributed by atoms with Gasteiger partial charge in [-0.2, -0.15) is 0 Å². The summed E-state index contributed by atoms with van der Waals surface area (Å²) in [5, 5.41) is 10.0. The van der Waals surface area contributed by atoms with Crippen molar-refractivity contribution >= 4 is 17.9 Å². The molecule has 0 saturated carbocycles. The summed E-state index contributed by atoms with van der Waals surface area (Å²) in [6, 6.07) is 0.338. The van der Waals surface area contributed by atoms with E-state index in [0.29, 0.717) is 44.1 Å². The fourth-order valence-electron chi connectivity index (χ4n) is 6.16. The summed E-state index contributed by atoms with van der Waals surface area (Å²) in [5.74, 6) is -1.40. The molecule has 4 bridgehead atoms. The number of nitrogens with zero attached hydrogens (tertiary/aromatic N) is 2. The van der Waals surface area contributed by atoms with Gasteiger partial charge in [0.2, 0.25) is 0 Å². The second-order valence-electron chi connectivity index (χ2n) is 10.6. The fourth-order valence-corrected chi connectivity index (χ4v) is 6.16. The number of piperidine rings is 2. The number of ether oxygens (including phenoxy) is 3. The summed E-state index contributed by atoms with van der Waals surface area (Å²) < 4.78 is 17.1. The van der Waals surface area contributed by atoms with E-state index in [1.165, 1.54) is 0 Å². The Kier molecular flexibility index (Phi) is 7.68. The zero-order chi connectivity index (χ0) is 25.4. The lowest BCUT2D eigenvalue weighted by Gasteiger charge is -2.36. The van der Waals surface area contributed by atoms with Crippen molar-refractivity contribution in [1.29, 1.82) is 0 Å². The number of hydrogen-bond acceptors (Lipinski definition) is 9. The van der Waals surface area contributed by atoms with Crippen LogP contribution in [0, 0.1) is 0 Å². The molecular formula is C26H38N2O7. The van der Waals surface area contributed by atoms with Crippen LogP contribution in [-0.2, 0) is 28.6 Å². The molecule has 8 atom stereocenters. The first-order valence-corrected chi connectivity index (χ1v) is 12.6. The summed E-state index contributed by atoms with van der Waals surface area (Å²) in [6.45, 7) is 7.30. The molecule has 0 amide bonds. The number of fused-ring (bicyclic) bond motifs is 4. The summed E-state index contributed by atoms with van der Waals surface area (Å²) in [5.41, 5.74) is 0.649. The van der Waals surface area contributed by atoms with E-state index < -0.39 is 11.9 Å². The third kappa shape index (κ3) is 5.47. The van der Waals surface area contributed by atoms with Crippen molar-refractivity contribution in [3.63, 3.8) is 0 Å². The molecule has 0 aromatic heterocycles. The molecule has 0 aromatic carbocycles. The summed E-state index contributed by atoms with van der Waals surface area (Å²) in [7, 11) is 4.00. The van der Waals surface area contributed by atoms with Crippen molar-refractivity contribution in [2.75, 3.05) is 14.1 Å². The van der Waals surface area contributed by atoms with Crippen LogP contribution in [0.2, 0.25) is 0 Å². The minimum absolute atomic E-state index is 0.0117. The normalized spacial score (nSPS) is 37.1. The van der Waals surface area contributed by atoms with E-state index in [2.05, 4.69) is 16.4 Å². The van der Waals surface area contributed by atoms with Gasteiger partial charge in [-0.3, -0.25) is 14.6 Å². The Labute approximate surface area is 207 Å². The highest BCUT2D eigenvalue weighted by atomic mass is 16.6. The molecular weight excluding hydrogens is 452 g/mol. The molecule has 0 aromatic rings. The van der Waals surface area contributed by atoms with Crippen LogP contribution in [0.1, 0.15) is 58.8 Å². The van der Waals surface area contributed by atoms with Crippen LogP contribution in [0.15, 0.2) is 23.8 Å². The second-order valence-corrected chi connectivity index (χ2v) is 10.6. The number of aliphatic hydroxyl groups is 1. The minimum atomic E-state index is -0.586. The summed E-state index contributed by atoms with van der Waals surface area (Å²) >= 11 is 0. The standard InChI is InChI=1S/C26H38N2O7/c1-6-14(2)25(31)34-23-11-17-9-19(13-21(23)28(17)5)33-24(30)7-15(3)26(32)35-22-10-16-8-18(29)12-20(22)27(16)4/h6,16-23,29H,3,7-13H2,1-2,4-5H3/b14-6-/t16-,17-,18+,19+,20+,21+,22-,23+/m1/s1. The Morgan fingerprint density at radius 2 is 1.46 bits per heavy atom. The SMILES string of the molecule is C=C(CC(=O)O[C@H]1C[C@@H]2C[C@H](OC(=O)/C(C)=C\C)[C@H](C1)N2C)C(=O)O[C@@H]1C[C@H]2C[C@H](O)C[C@@H]1N2C. The van der Waals surface area contributed by atoms with Crippen molar-refractivity contribution in [2.24, 2.45) is 0 Å². The molecule has 1 N–H and O–H groups in total. The van der Waals surface area contributed by atoms with Crippen LogP contribution < -0.4 is 0 Å². The first-order chi connectivity index (χ1) is 16.6. The van der Waals surface area contributed by atoms with Gasteiger partial charge in [0.15, 0.2) is 0 Å². The number of aliphatic hydroxyl groups excluding tert-OH is 1. The number of carbonyl (C=O) groups is 3. The molecule has 0 radical (unpaired) electrons. The third-order valence-electron chi connectivity index (χ3n) is 8.38. The van der Waals surface area contributed by atoms with Gasteiger partial charge in [0.05, 0.1) is 18.6 Å². The van der Waals surface area contributed by atoms with Crippen molar-refractivity contribution in [3.8, 4) is 0 Å². The zero-order valence-corrected chi connectivity index (χ0v) is 21.1. The lowest BCUT2D eigenvalue weighted by Crippen LogP contribution is -2.46. The van der Waals surface area contributed by atoms with Gasteiger partial charge in [-0.25, -0.2) is 9.59 Å². The summed E-state index contributed by atoms with van der Waals surface area (Å²) in [4.78, 5) is 41.8. The highest BCUT2D eigenvalue weighted by molar-refractivity contribution is 5.93. The van der Waals surface area contributed by atoms with Crippen LogP contribution in [0.5, 0.6) is 0 Å². The molecule has 4 rings (SSSR count). The van der Waals surface area contributed by atoms with Crippen LogP contribution in [0.25, 0.3) is 0 Å². The summed E-state index contributed by atoms with van der Waals surface area (Å²) in [6.07, 6.45) is 4.17. The van der Waals surface area contributed by atoms with Crippen molar-refractivity contribution in [2.45, 2.75) is 107 Å². The predicted octanol–water partition coefficient (Wildman–Crippen LogP) is 1.73. The van der Waals surface area contributed by atoms with E-state index in [1.54, 1.807) is 19.9 Å². The number of carbonyl (C=O) groups excluding carboxylic acids is 3. The molecule has 9 nitrogen and oxygen atoms in total. The highest BCUT2D eigenvalue weighted by Crippen LogP contribution is 2.38. The molecule has 9 heteroatoms. The lowest BCUT2D eigenvalue weighted by atomic mass is 10.00. The quantitative estimate of drug-likeness (QED) is 0.324. The number of likely N-dealkylation sites (N-methyl/N-ethyl adjacent to an activating group) is 2. The van der Waals surface area contributed by atoms with Crippen LogP contribution >= 0.6 is 0 Å². The fraction of sp³-hybridized carbons (Fsp3) is 0.731. The van der Waals surface area contributed by atoms with Gasteiger partial charge in [0.1, 0.15) is 18.3 Å². The van der Waals surface area contributed by atoms with Crippen LogP contribution in [-0.4, -0.2) is 95.5 Å². The molecule has 4 aliphatic rings. The highest BCUT2D eigenvalue weighted by Gasteiger charge is 2.48. The molecule has 4 aliphatic heterocycles. The average Bonchev–Trinajstić information content (AvgIpc) is 3.07. The Bertz CT molecular complexity index is 902. The van der Waals surface area contributed by atoms with Crippen molar-refractivity contribution in [1.82, 2.24) is 9.80 Å². The van der Waals surface area contributed by atoms with E-state index in [1.807, 2.05) is 14.1 Å². The molecule has 0 unspecified atom stereocenters. The van der Waals surface area contributed by atoms with Gasteiger partial charge in [-0.15, -0.1) is 0 Å². The molecule has 0 spiro atoms. The smallest absolute Gasteiger partial charge is 0.334 e. The van der Waals surface area contributed by atoms with Gasteiger partial charge in [-0.1, -0.05) is 12.7 Å². The van der Waals surface area contributed by atoms with E-state index in [9.17, 15) is 19.5 Å². The van der Waals surface area contributed by atoms with Gasteiger partial charge in [0.25, 0.3) is 0 Å². The van der Waals surface area contributed by atoms with Gasteiger partial charge >= 0.3 is 17.9 Å². The molecule has 4 heterocycles. The Morgan fingerprint density at radius 1 is 0.886 bits per heavy atom. The Hall–Kier alpha value is -2.23. The number of hydrogen-bond donors (Lipinski definition) is 1. The monoisotopic (exact) mass is 490 g/mol. The Balaban J connectivity index is 1.25. The Morgan fingerprint density at radius 3 is 2.09 bits per heavy atom. The minimum Gasteiger partial charge on any atom is -0.462 e. The van der Waals surface area contributed by atoms with E-state index in [0.717, 1.165) is 0 Å². The molecule has 194 valence electrons. The number of rotatable bonds is 7. The average molecular weight is 491 g/mol. The molecule has 4 saturated heterocycles. The lowest BCUT2D eigenvalue weighted by molar-refractivity contribution is -0.156. The van der Waals surface area contributed by atoms with E-state index in [-0.39, 0.29) is 66.5 Å². The van der Waals surface area contributed by atoms with Crippen molar-refractivity contribution < 1.29 is 33.7 Å². The third-order valence-corrected chi connectivity index (χ3v) is 8.38. The predicted molar refractivity (Wildman–Crippen MR) is 127 cm³/mol. The maximum atomic E-state index is 12.6.